The highest BCUT2D eigenvalue weighted by Gasteiger charge is 2.43. The van der Waals surface area contributed by atoms with Crippen LogP contribution < -0.4 is 0 Å². The van der Waals surface area contributed by atoms with Gasteiger partial charge in [0.05, 0.1) is 6.07 Å². The largest absolute Gasteiger partial charge is 0.480 e. The third-order valence-electron chi connectivity index (χ3n) is 4.39. The predicted molar refractivity (Wildman–Crippen MR) is 101 cm³/mol. The fraction of sp³-hybridized carbons (Fsp3) is 0.889. The summed E-state index contributed by atoms with van der Waals surface area (Å²) in [6, 6.07) is 2.38. The molecule has 23 heavy (non-hydrogen) atoms. The van der Waals surface area contributed by atoms with Crippen LogP contribution in [0.1, 0.15) is 77.6 Å². The van der Waals surface area contributed by atoms with Crippen LogP contribution in [0.3, 0.4) is 0 Å². The Kier molecular flexibility index (Phi) is 10.9. The summed E-state index contributed by atoms with van der Waals surface area (Å²) >= 11 is 3.11. The summed E-state index contributed by atoms with van der Waals surface area (Å²) in [5.74, 6) is 0.867. The molecule has 1 heterocycles. The van der Waals surface area contributed by atoms with Gasteiger partial charge in [-0.1, -0.05) is 64.7 Å². The minimum atomic E-state index is -0.772. The smallest absolute Gasteiger partial charge is 0.316 e. The molecule has 0 aromatic rings. The Morgan fingerprint density at radius 3 is 2.22 bits per heavy atom. The normalized spacial score (nSPS) is 23.7. The van der Waals surface area contributed by atoms with Crippen LogP contribution in [0.2, 0.25) is 0 Å². The number of thioether (sulfide) groups is 2. The van der Waals surface area contributed by atoms with Crippen LogP contribution in [0.5, 0.6) is 0 Å². The van der Waals surface area contributed by atoms with Crippen molar-refractivity contribution in [3.8, 4) is 6.07 Å². The van der Waals surface area contributed by atoms with Gasteiger partial charge in [-0.2, -0.15) is 5.26 Å². The first-order chi connectivity index (χ1) is 11.1. The highest BCUT2D eigenvalue weighted by Crippen LogP contribution is 2.43. The Bertz CT molecular complexity index is 384. The van der Waals surface area contributed by atoms with E-state index in [-0.39, 0.29) is 0 Å². The second-order valence-corrected chi connectivity index (χ2v) is 9.15. The van der Waals surface area contributed by atoms with Crippen molar-refractivity contribution in [1.82, 2.24) is 0 Å². The van der Waals surface area contributed by atoms with E-state index in [0.717, 1.165) is 12.2 Å². The summed E-state index contributed by atoms with van der Waals surface area (Å²) < 4.78 is -0.465. The van der Waals surface area contributed by atoms with Gasteiger partial charge in [0.1, 0.15) is 10.00 Å². The predicted octanol–water partition coefficient (Wildman–Crippen LogP) is 5.49. The van der Waals surface area contributed by atoms with Gasteiger partial charge >= 0.3 is 5.97 Å². The monoisotopic (exact) mass is 357 g/mol. The van der Waals surface area contributed by atoms with Gasteiger partial charge < -0.3 is 5.11 Å². The number of aliphatic carboxylic acids is 1. The quantitative estimate of drug-likeness (QED) is 0.441. The topological polar surface area (TPSA) is 61.1 Å². The SMILES string of the molecule is CCCCCCCCCCCCSC1(C#N)CSC(C(=O)O)C1. The molecule has 1 aliphatic heterocycles. The van der Waals surface area contributed by atoms with Gasteiger partial charge in [-0.25, -0.2) is 0 Å². The van der Waals surface area contributed by atoms with E-state index in [1.165, 1.54) is 69.5 Å². The number of nitriles is 1. The third kappa shape index (κ3) is 8.35. The zero-order valence-corrected chi connectivity index (χ0v) is 16.0. The van der Waals surface area contributed by atoms with E-state index < -0.39 is 16.0 Å². The molecular formula is C18H31NO2S2. The Morgan fingerprint density at radius 1 is 1.17 bits per heavy atom. The third-order valence-corrected chi connectivity index (χ3v) is 7.45. The number of unbranched alkanes of at least 4 members (excludes halogenated alkanes) is 9. The standard InChI is InChI=1S/C18H31NO2S2/c1-2-3-4-5-6-7-8-9-10-11-12-23-18(14-19)13-16(17(20)21)22-15-18/h16H,2-13,15H2,1H3,(H,20,21). The summed E-state index contributed by atoms with van der Waals surface area (Å²) in [5.41, 5.74) is 0. The first kappa shape index (κ1) is 20.7. The Hall–Kier alpha value is -0.340. The molecule has 0 saturated carbocycles. The molecule has 1 fully saturated rings. The van der Waals surface area contributed by atoms with Gasteiger partial charge in [-0.3, -0.25) is 4.79 Å². The van der Waals surface area contributed by atoms with Gasteiger partial charge in [0, 0.05) is 5.75 Å². The van der Waals surface area contributed by atoms with Crippen molar-refractivity contribution < 1.29 is 9.90 Å². The molecule has 0 radical (unpaired) electrons. The van der Waals surface area contributed by atoms with Crippen molar-refractivity contribution in [3.63, 3.8) is 0 Å². The number of carboxylic acid groups (broad SMARTS) is 1. The van der Waals surface area contributed by atoms with Crippen LogP contribution in [0, 0.1) is 11.3 Å². The van der Waals surface area contributed by atoms with Crippen LogP contribution in [0.25, 0.3) is 0 Å². The maximum absolute atomic E-state index is 11.0. The van der Waals surface area contributed by atoms with E-state index in [1.807, 2.05) is 0 Å². The molecule has 1 aliphatic rings. The number of carbonyl (C=O) groups is 1. The van der Waals surface area contributed by atoms with E-state index in [4.69, 9.17) is 5.11 Å². The molecule has 132 valence electrons. The zero-order valence-electron chi connectivity index (χ0n) is 14.4. The van der Waals surface area contributed by atoms with Crippen molar-refractivity contribution in [1.29, 1.82) is 5.26 Å². The molecule has 1 N–H and O–H groups in total. The lowest BCUT2D eigenvalue weighted by Gasteiger charge is -2.18. The summed E-state index contributed by atoms with van der Waals surface area (Å²) in [7, 11) is 0. The molecule has 5 heteroatoms. The van der Waals surface area contributed by atoms with Crippen LogP contribution in [0.15, 0.2) is 0 Å². The highest BCUT2D eigenvalue weighted by molar-refractivity contribution is 8.05. The number of nitrogens with zero attached hydrogens (tertiary/aromatic N) is 1. The molecular weight excluding hydrogens is 326 g/mol. The van der Waals surface area contributed by atoms with Crippen LogP contribution in [-0.4, -0.2) is 32.6 Å². The molecule has 0 spiro atoms. The second-order valence-electron chi connectivity index (χ2n) is 6.48. The van der Waals surface area contributed by atoms with Crippen molar-refractivity contribution in [2.45, 2.75) is 87.5 Å². The number of hydrogen-bond acceptors (Lipinski definition) is 4. The molecule has 0 aromatic heterocycles. The summed E-state index contributed by atoms with van der Waals surface area (Å²) in [5, 5.41) is 18.1. The lowest BCUT2D eigenvalue weighted by molar-refractivity contribution is -0.136. The molecule has 1 saturated heterocycles. The molecule has 3 nitrogen and oxygen atoms in total. The van der Waals surface area contributed by atoms with Gasteiger partial charge in [0.2, 0.25) is 0 Å². The molecule has 0 aliphatic carbocycles. The van der Waals surface area contributed by atoms with Gasteiger partial charge in [0.25, 0.3) is 0 Å². The average Bonchev–Trinajstić information content (AvgIpc) is 2.98. The fourth-order valence-electron chi connectivity index (χ4n) is 2.88. The van der Waals surface area contributed by atoms with Crippen molar-refractivity contribution in [2.75, 3.05) is 11.5 Å². The van der Waals surface area contributed by atoms with Crippen molar-refractivity contribution in [3.05, 3.63) is 0 Å². The van der Waals surface area contributed by atoms with Crippen LogP contribution >= 0.6 is 23.5 Å². The Morgan fingerprint density at radius 2 is 1.74 bits per heavy atom. The average molecular weight is 358 g/mol. The lowest BCUT2D eigenvalue weighted by Crippen LogP contribution is -2.25. The number of carboxylic acids is 1. The molecule has 0 bridgehead atoms. The first-order valence-electron chi connectivity index (χ1n) is 9.03. The first-order valence-corrected chi connectivity index (χ1v) is 11.1. The minimum Gasteiger partial charge on any atom is -0.480 e. The molecule has 2 unspecified atom stereocenters. The van der Waals surface area contributed by atoms with E-state index in [9.17, 15) is 10.1 Å². The van der Waals surface area contributed by atoms with E-state index >= 15 is 0 Å². The van der Waals surface area contributed by atoms with Crippen LogP contribution in [0.4, 0.5) is 0 Å². The summed E-state index contributed by atoms with van der Waals surface area (Å²) in [6.45, 7) is 2.25. The lowest BCUT2D eigenvalue weighted by atomic mass is 10.1. The number of rotatable bonds is 13. The van der Waals surface area contributed by atoms with E-state index in [1.54, 1.807) is 11.8 Å². The summed E-state index contributed by atoms with van der Waals surface area (Å²) in [4.78, 5) is 11.0. The van der Waals surface area contributed by atoms with Gasteiger partial charge in [-0.05, 0) is 18.6 Å². The minimum absolute atomic E-state index is 0.394. The fourth-order valence-corrected chi connectivity index (χ4v) is 5.81. The summed E-state index contributed by atoms with van der Waals surface area (Å²) in [6.07, 6.45) is 13.7. The van der Waals surface area contributed by atoms with Crippen molar-refractivity contribution >= 4 is 29.5 Å². The molecule has 1 rings (SSSR count). The van der Waals surface area contributed by atoms with E-state index in [0.29, 0.717) is 12.2 Å². The van der Waals surface area contributed by atoms with Gasteiger partial charge in [-0.15, -0.1) is 23.5 Å². The van der Waals surface area contributed by atoms with Gasteiger partial charge in [0.15, 0.2) is 0 Å². The van der Waals surface area contributed by atoms with Crippen molar-refractivity contribution in [2.24, 2.45) is 0 Å². The zero-order chi connectivity index (χ0) is 17.0. The van der Waals surface area contributed by atoms with E-state index in [2.05, 4.69) is 13.0 Å². The Labute approximate surface area is 150 Å². The Balaban J connectivity index is 2.00. The van der Waals surface area contributed by atoms with Crippen LogP contribution in [-0.2, 0) is 4.79 Å². The molecule has 2 atom stereocenters. The number of hydrogen-bond donors (Lipinski definition) is 1. The molecule has 0 aromatic carbocycles. The highest BCUT2D eigenvalue weighted by atomic mass is 32.2. The maximum atomic E-state index is 11.0. The second kappa shape index (κ2) is 12.1. The molecule has 0 amide bonds. The maximum Gasteiger partial charge on any atom is 0.316 e.